The van der Waals surface area contributed by atoms with Crippen LogP contribution in [0.1, 0.15) is 29.2 Å². The molecule has 1 heterocycles. The van der Waals surface area contributed by atoms with E-state index >= 15 is 0 Å². The van der Waals surface area contributed by atoms with Crippen LogP contribution in [0, 0.1) is 15.6 Å². The molecule has 0 aliphatic carbocycles. The monoisotopic (exact) mass is 665 g/mol. The normalized spacial score (nSPS) is 23.0. The van der Waals surface area contributed by atoms with Gasteiger partial charge >= 0.3 is 0 Å². The lowest BCUT2D eigenvalue weighted by molar-refractivity contribution is -0.991. The van der Waals surface area contributed by atoms with E-state index in [1.165, 1.54) is 36.4 Å². The highest BCUT2D eigenvalue weighted by Crippen LogP contribution is 2.31. The number of quaternary nitrogens is 3. The van der Waals surface area contributed by atoms with Gasteiger partial charge in [-0.3, -0.25) is 0 Å². The third-order valence-corrected chi connectivity index (χ3v) is 7.91. The Morgan fingerprint density at radius 1 is 0.500 bits per heavy atom. The first-order valence-corrected chi connectivity index (χ1v) is 15.3. The van der Waals surface area contributed by atoms with Crippen LogP contribution >= 0.6 is 0 Å². The average Bonchev–Trinajstić information content (AvgIpc) is 3.09. The van der Waals surface area contributed by atoms with E-state index in [9.17, 15) is 31.2 Å². The van der Waals surface area contributed by atoms with Crippen molar-refractivity contribution >= 4 is 17.1 Å². The third-order valence-electron chi connectivity index (χ3n) is 7.91. The number of hydrogen-bond acceptors (Lipinski definition) is 11. The second-order valence-electron chi connectivity index (χ2n) is 11.3. The van der Waals surface area contributed by atoms with E-state index in [4.69, 9.17) is 23.7 Å². The Morgan fingerprint density at radius 3 is 1.27 bits per heavy atom. The molecular formula is C34H39N3O11. The van der Waals surface area contributed by atoms with Gasteiger partial charge in [0.2, 0.25) is 0 Å². The predicted octanol–water partition coefficient (Wildman–Crippen LogP) is 1.91. The van der Waals surface area contributed by atoms with E-state index in [-0.39, 0.29) is 43.5 Å². The average molecular weight is 666 g/mol. The van der Waals surface area contributed by atoms with Gasteiger partial charge in [0.1, 0.15) is 18.3 Å². The molecule has 14 nitrogen and oxygen atoms in total. The minimum absolute atomic E-state index is 0.104. The summed E-state index contributed by atoms with van der Waals surface area (Å²) >= 11 is 0. The molecule has 0 spiro atoms. The fourth-order valence-corrected chi connectivity index (χ4v) is 5.26. The van der Waals surface area contributed by atoms with Crippen molar-refractivity contribution in [2.75, 3.05) is 0 Å². The number of nitrogens with one attached hydrogen (secondary N) is 3. The molecule has 5 rings (SSSR count). The van der Waals surface area contributed by atoms with Gasteiger partial charge in [-0.15, -0.1) is 0 Å². The summed E-state index contributed by atoms with van der Waals surface area (Å²) in [5, 5.41) is 58.7. The molecule has 8 atom stereocenters. The molecule has 1 fully saturated rings. The fourth-order valence-electron chi connectivity index (χ4n) is 5.26. The Labute approximate surface area is 277 Å². The lowest BCUT2D eigenvalue weighted by Gasteiger charge is -2.45. The highest BCUT2D eigenvalue weighted by molar-refractivity contribution is 5.33. The predicted molar refractivity (Wildman–Crippen MR) is 168 cm³/mol. The third kappa shape index (κ3) is 9.70. The molecule has 0 bridgehead atoms. The van der Waals surface area contributed by atoms with Crippen LogP contribution in [0.4, 0.5) is 17.1 Å². The molecular weight excluding hydrogens is 626 g/mol. The molecule has 1 aliphatic rings. The summed E-state index contributed by atoms with van der Waals surface area (Å²) in [7, 11) is 0. The largest absolute Gasteiger partial charge is 0.595 e. The topological polar surface area (TPSA) is 189 Å². The van der Waals surface area contributed by atoms with Gasteiger partial charge in [0.25, 0.3) is 0 Å². The van der Waals surface area contributed by atoms with E-state index in [2.05, 4.69) is 0 Å². The molecule has 256 valence electrons. The summed E-state index contributed by atoms with van der Waals surface area (Å²) in [5.74, 6) is 0. The van der Waals surface area contributed by atoms with Crippen molar-refractivity contribution in [2.45, 2.75) is 64.1 Å². The summed E-state index contributed by atoms with van der Waals surface area (Å²) in [6.45, 7) is 2.40. The standard InChI is InChI=1S/C34H39N3O11/c1-23-31(44-20-25-7-13-28(14-8-25)35(38)39)32(45-21-26-9-15-29(16-10-26)36(40)41)33(46-19-24-5-3-2-4-6-24)34(48-23)47-22-27-11-17-30(18-12-27)37(42)43/h2-18,23,31-38,40,42H,19-22H2,1H3/t23-,31-,32-,33+,34+/m1/s1. The van der Waals surface area contributed by atoms with E-state index in [0.717, 1.165) is 22.3 Å². The summed E-state index contributed by atoms with van der Waals surface area (Å²) in [4.78, 5) is 0. The van der Waals surface area contributed by atoms with Crippen LogP contribution < -0.4 is 15.7 Å². The van der Waals surface area contributed by atoms with Crippen molar-refractivity contribution < 1.29 is 55.0 Å². The van der Waals surface area contributed by atoms with E-state index < -0.39 is 46.4 Å². The summed E-state index contributed by atoms with van der Waals surface area (Å²) in [5.41, 5.74) is 3.61. The van der Waals surface area contributed by atoms with Gasteiger partial charge in [0.15, 0.2) is 23.4 Å². The van der Waals surface area contributed by atoms with Gasteiger partial charge in [-0.2, -0.15) is 15.7 Å². The maximum Gasteiger partial charge on any atom is 0.187 e. The molecule has 14 heteroatoms. The van der Waals surface area contributed by atoms with Gasteiger partial charge in [-0.25, -0.2) is 15.6 Å². The van der Waals surface area contributed by atoms with Gasteiger partial charge in [0, 0.05) is 36.4 Å². The molecule has 1 saturated heterocycles. The molecule has 0 aromatic heterocycles. The molecule has 4 aromatic rings. The molecule has 0 radical (unpaired) electrons. The highest BCUT2D eigenvalue weighted by Gasteiger charge is 2.47. The maximum absolute atomic E-state index is 11.4. The molecule has 6 N–H and O–H groups in total. The lowest BCUT2D eigenvalue weighted by atomic mass is 9.98. The van der Waals surface area contributed by atoms with Crippen LogP contribution in [0.15, 0.2) is 103 Å². The lowest BCUT2D eigenvalue weighted by Crippen LogP contribution is -2.99. The second-order valence-corrected chi connectivity index (χ2v) is 11.3. The van der Waals surface area contributed by atoms with E-state index in [0.29, 0.717) is 0 Å². The quantitative estimate of drug-likeness (QED) is 0.102. The Kier molecular flexibility index (Phi) is 12.7. The van der Waals surface area contributed by atoms with Gasteiger partial charge in [-0.1, -0.05) is 66.7 Å². The SMILES string of the molecule is C[C@H]1O[C@H](OCc2ccc([NH+]([O-])O)cc2)[C@@H](OCc2ccccc2)[C@H](OCc2ccc([NH+]([O-])O)cc2)[C@@H]1OCc1ccc([NH+]([O-])O)cc1. The summed E-state index contributed by atoms with van der Waals surface area (Å²) < 4.78 is 32.0. The summed E-state index contributed by atoms with van der Waals surface area (Å²) in [6.07, 6.45) is -3.62. The number of hydrogen-bond donors (Lipinski definition) is 6. The van der Waals surface area contributed by atoms with Crippen LogP contribution in [0.2, 0.25) is 0 Å². The second kappa shape index (κ2) is 17.1. The van der Waals surface area contributed by atoms with Crippen LogP contribution in [0.25, 0.3) is 0 Å². The van der Waals surface area contributed by atoms with Crippen LogP contribution in [0.3, 0.4) is 0 Å². The van der Waals surface area contributed by atoms with E-state index in [1.54, 1.807) is 36.4 Å². The van der Waals surface area contributed by atoms with Crippen LogP contribution in [-0.2, 0) is 50.1 Å². The number of benzene rings is 4. The Morgan fingerprint density at radius 2 is 0.854 bits per heavy atom. The van der Waals surface area contributed by atoms with E-state index in [1.807, 2.05) is 37.3 Å². The Bertz CT molecular complexity index is 1530. The molecule has 4 aromatic carbocycles. The first-order chi connectivity index (χ1) is 23.2. The molecule has 1 aliphatic heterocycles. The Balaban J connectivity index is 1.39. The van der Waals surface area contributed by atoms with Crippen molar-refractivity contribution in [3.63, 3.8) is 0 Å². The molecule has 0 amide bonds. The maximum atomic E-state index is 11.4. The first kappa shape index (κ1) is 35.6. The van der Waals surface area contributed by atoms with Crippen molar-refractivity contribution in [1.29, 1.82) is 0 Å². The Hall–Kier alpha value is -3.68. The van der Waals surface area contributed by atoms with Gasteiger partial charge < -0.3 is 39.3 Å². The van der Waals surface area contributed by atoms with Crippen molar-refractivity contribution in [1.82, 2.24) is 0 Å². The smallest absolute Gasteiger partial charge is 0.187 e. The zero-order valence-electron chi connectivity index (χ0n) is 26.1. The number of ether oxygens (including phenoxy) is 5. The van der Waals surface area contributed by atoms with Crippen molar-refractivity contribution in [2.24, 2.45) is 0 Å². The van der Waals surface area contributed by atoms with Crippen LogP contribution in [0.5, 0.6) is 0 Å². The van der Waals surface area contributed by atoms with Gasteiger partial charge in [-0.05, 0) is 29.2 Å². The summed E-state index contributed by atoms with van der Waals surface area (Å²) in [6, 6.07) is 28.7. The highest BCUT2D eigenvalue weighted by atomic mass is 16.8. The zero-order chi connectivity index (χ0) is 34.0. The number of rotatable bonds is 15. The minimum Gasteiger partial charge on any atom is -0.595 e. The molecule has 48 heavy (non-hydrogen) atoms. The molecule has 3 unspecified atom stereocenters. The van der Waals surface area contributed by atoms with Gasteiger partial charge in [0.05, 0.1) is 32.5 Å². The first-order valence-electron chi connectivity index (χ1n) is 15.3. The van der Waals surface area contributed by atoms with Crippen molar-refractivity contribution in [3.05, 3.63) is 141 Å². The fraction of sp³-hybridized carbons (Fsp3) is 0.294. The molecule has 0 saturated carbocycles. The van der Waals surface area contributed by atoms with Crippen molar-refractivity contribution in [3.8, 4) is 0 Å². The zero-order valence-corrected chi connectivity index (χ0v) is 26.1. The minimum atomic E-state index is -1.03. The van der Waals surface area contributed by atoms with Crippen LogP contribution in [-0.4, -0.2) is 46.3 Å².